The smallest absolute Gasteiger partial charge is 0.266 e. The van der Waals surface area contributed by atoms with Gasteiger partial charge in [0.1, 0.15) is 16.8 Å². The van der Waals surface area contributed by atoms with E-state index in [1.165, 1.54) is 12.3 Å². The van der Waals surface area contributed by atoms with Crippen molar-refractivity contribution in [3.63, 3.8) is 0 Å². The minimum absolute atomic E-state index is 0.00429. The van der Waals surface area contributed by atoms with Gasteiger partial charge in [0.2, 0.25) is 10.0 Å². The molecule has 1 fully saturated rings. The molecule has 3 heterocycles. The van der Waals surface area contributed by atoms with Crippen LogP contribution in [0, 0.1) is 0 Å². The quantitative estimate of drug-likeness (QED) is 0.556. The molecule has 2 aliphatic rings. The van der Waals surface area contributed by atoms with Crippen LogP contribution in [-0.2, 0) is 26.0 Å². The van der Waals surface area contributed by atoms with Crippen molar-refractivity contribution in [2.24, 2.45) is 0 Å². The first-order valence-corrected chi connectivity index (χ1v) is 10.8. The predicted molar refractivity (Wildman–Crippen MR) is 104 cm³/mol. The standard InChI is InChI=1S/C19H22N4O5S/c24-19(21-25)18-16-4-2-1-3-14(16)7-8-23(18)29(26,27)15-5-6-17(20-13-15)22-9-11-28-12-10-22/h1-6,13,18,25H,7-12H2,(H,21,24). The Morgan fingerprint density at radius 1 is 1.14 bits per heavy atom. The second kappa shape index (κ2) is 8.07. The Kier molecular flexibility index (Phi) is 5.50. The van der Waals surface area contributed by atoms with Gasteiger partial charge in [-0.25, -0.2) is 18.9 Å². The monoisotopic (exact) mass is 418 g/mol. The summed E-state index contributed by atoms with van der Waals surface area (Å²) in [6.07, 6.45) is 1.79. The summed E-state index contributed by atoms with van der Waals surface area (Å²) in [4.78, 5) is 18.7. The summed E-state index contributed by atoms with van der Waals surface area (Å²) >= 11 is 0. The van der Waals surface area contributed by atoms with Gasteiger partial charge in [0.25, 0.3) is 5.91 Å². The third-order valence-electron chi connectivity index (χ3n) is 5.26. The number of fused-ring (bicyclic) bond motifs is 1. The zero-order valence-electron chi connectivity index (χ0n) is 15.7. The summed E-state index contributed by atoms with van der Waals surface area (Å²) in [6.45, 7) is 2.73. The van der Waals surface area contributed by atoms with Crippen molar-refractivity contribution < 1.29 is 23.2 Å². The SMILES string of the molecule is O=C(NO)C1c2ccccc2CCN1S(=O)(=O)c1ccc(N2CCOCC2)nc1. The molecule has 4 rings (SSSR count). The lowest BCUT2D eigenvalue weighted by Gasteiger charge is -2.34. The van der Waals surface area contributed by atoms with Gasteiger partial charge in [0.05, 0.1) is 13.2 Å². The van der Waals surface area contributed by atoms with Crippen LogP contribution in [-0.4, -0.2) is 61.7 Å². The van der Waals surface area contributed by atoms with Crippen LogP contribution in [0.2, 0.25) is 0 Å². The van der Waals surface area contributed by atoms with E-state index in [0.717, 1.165) is 9.87 Å². The van der Waals surface area contributed by atoms with Crippen molar-refractivity contribution in [2.45, 2.75) is 17.4 Å². The summed E-state index contributed by atoms with van der Waals surface area (Å²) in [5, 5.41) is 9.20. The number of nitrogens with one attached hydrogen (secondary N) is 1. The molecule has 1 atom stereocenters. The van der Waals surface area contributed by atoms with Gasteiger partial charge in [0, 0.05) is 25.8 Å². The maximum Gasteiger partial charge on any atom is 0.266 e. The number of ether oxygens (including phenoxy) is 1. The van der Waals surface area contributed by atoms with E-state index < -0.39 is 22.0 Å². The fourth-order valence-corrected chi connectivity index (χ4v) is 5.29. The number of pyridine rings is 1. The van der Waals surface area contributed by atoms with Gasteiger partial charge in [-0.05, 0) is 29.7 Å². The molecule has 1 unspecified atom stereocenters. The average Bonchev–Trinajstić information content (AvgIpc) is 2.78. The van der Waals surface area contributed by atoms with Crippen LogP contribution in [0.3, 0.4) is 0 Å². The van der Waals surface area contributed by atoms with E-state index in [4.69, 9.17) is 4.74 Å². The van der Waals surface area contributed by atoms with Gasteiger partial charge < -0.3 is 9.64 Å². The molecular formula is C19H22N4O5S. The Labute approximate surface area is 168 Å². The highest BCUT2D eigenvalue weighted by atomic mass is 32.2. The molecule has 29 heavy (non-hydrogen) atoms. The van der Waals surface area contributed by atoms with Crippen molar-refractivity contribution >= 4 is 21.7 Å². The first-order chi connectivity index (χ1) is 14.0. The molecule has 10 heteroatoms. The van der Waals surface area contributed by atoms with Crippen LogP contribution in [0.1, 0.15) is 17.2 Å². The molecule has 1 aromatic carbocycles. The number of amides is 1. The van der Waals surface area contributed by atoms with E-state index >= 15 is 0 Å². The molecule has 154 valence electrons. The van der Waals surface area contributed by atoms with Crippen molar-refractivity contribution in [1.29, 1.82) is 0 Å². The minimum atomic E-state index is -4.00. The zero-order valence-corrected chi connectivity index (χ0v) is 16.5. The maximum absolute atomic E-state index is 13.3. The number of hydroxylamine groups is 1. The van der Waals surface area contributed by atoms with Gasteiger partial charge in [-0.15, -0.1) is 0 Å². The molecule has 2 aliphatic heterocycles. The number of sulfonamides is 1. The normalized spacial score (nSPS) is 20.2. The van der Waals surface area contributed by atoms with Crippen molar-refractivity contribution in [2.75, 3.05) is 37.7 Å². The third-order valence-corrected chi connectivity index (χ3v) is 7.11. The van der Waals surface area contributed by atoms with E-state index in [1.54, 1.807) is 23.7 Å². The molecule has 0 bridgehead atoms. The highest BCUT2D eigenvalue weighted by molar-refractivity contribution is 7.89. The number of benzene rings is 1. The van der Waals surface area contributed by atoms with Crippen LogP contribution in [0.15, 0.2) is 47.5 Å². The molecule has 1 saturated heterocycles. The van der Waals surface area contributed by atoms with Crippen LogP contribution in [0.4, 0.5) is 5.82 Å². The fourth-order valence-electron chi connectivity index (χ4n) is 3.78. The summed E-state index contributed by atoms with van der Waals surface area (Å²) < 4.78 is 33.1. The Morgan fingerprint density at radius 3 is 2.59 bits per heavy atom. The second-order valence-corrected chi connectivity index (χ2v) is 8.79. The van der Waals surface area contributed by atoms with Crippen LogP contribution >= 0.6 is 0 Å². The first-order valence-electron chi connectivity index (χ1n) is 9.35. The number of aromatic nitrogens is 1. The topological polar surface area (TPSA) is 112 Å². The van der Waals surface area contributed by atoms with E-state index in [2.05, 4.69) is 4.98 Å². The summed E-state index contributed by atoms with van der Waals surface area (Å²) in [7, 11) is -4.00. The third kappa shape index (κ3) is 3.71. The van der Waals surface area contributed by atoms with E-state index in [9.17, 15) is 18.4 Å². The predicted octanol–water partition coefficient (Wildman–Crippen LogP) is 0.712. The molecule has 2 aromatic rings. The minimum Gasteiger partial charge on any atom is -0.378 e. The molecule has 2 N–H and O–H groups in total. The molecular weight excluding hydrogens is 396 g/mol. The molecule has 1 aromatic heterocycles. The van der Waals surface area contributed by atoms with Gasteiger partial charge >= 0.3 is 0 Å². The summed E-state index contributed by atoms with van der Waals surface area (Å²) in [5.41, 5.74) is 3.05. The fraction of sp³-hybridized carbons (Fsp3) is 0.368. The molecule has 0 spiro atoms. The van der Waals surface area contributed by atoms with Gasteiger partial charge in [0.15, 0.2) is 0 Å². The number of carbonyl (C=O) groups excluding carboxylic acids is 1. The number of carbonyl (C=O) groups is 1. The van der Waals surface area contributed by atoms with E-state index in [-0.39, 0.29) is 11.4 Å². The van der Waals surface area contributed by atoms with Crippen molar-refractivity contribution in [3.05, 3.63) is 53.7 Å². The maximum atomic E-state index is 13.3. The molecule has 1 amide bonds. The average molecular weight is 418 g/mol. The number of hydrogen-bond donors (Lipinski definition) is 2. The van der Waals surface area contributed by atoms with Crippen LogP contribution in [0.5, 0.6) is 0 Å². The van der Waals surface area contributed by atoms with Gasteiger partial charge in [-0.1, -0.05) is 24.3 Å². The Balaban J connectivity index is 1.66. The van der Waals surface area contributed by atoms with Gasteiger partial charge in [-0.3, -0.25) is 10.0 Å². The number of morpholine rings is 1. The number of nitrogens with zero attached hydrogens (tertiary/aromatic N) is 3. The van der Waals surface area contributed by atoms with Crippen molar-refractivity contribution in [3.8, 4) is 0 Å². The molecule has 0 saturated carbocycles. The summed E-state index contributed by atoms with van der Waals surface area (Å²) in [6, 6.07) is 9.16. The number of rotatable bonds is 4. The Hall–Kier alpha value is -2.53. The molecule has 0 radical (unpaired) electrons. The second-order valence-electron chi connectivity index (χ2n) is 6.89. The zero-order chi connectivity index (χ0) is 20.4. The van der Waals surface area contributed by atoms with Gasteiger partial charge in [-0.2, -0.15) is 4.31 Å². The lowest BCUT2D eigenvalue weighted by atomic mass is 9.94. The highest BCUT2D eigenvalue weighted by Gasteiger charge is 2.40. The number of hydrogen-bond acceptors (Lipinski definition) is 7. The Bertz CT molecular complexity index is 990. The largest absolute Gasteiger partial charge is 0.378 e. The van der Waals surface area contributed by atoms with Crippen LogP contribution < -0.4 is 10.4 Å². The van der Waals surface area contributed by atoms with E-state index in [0.29, 0.717) is 44.1 Å². The lowest BCUT2D eigenvalue weighted by molar-refractivity contribution is -0.133. The highest BCUT2D eigenvalue weighted by Crippen LogP contribution is 2.34. The Morgan fingerprint density at radius 2 is 1.90 bits per heavy atom. The number of anilines is 1. The molecule has 9 nitrogen and oxygen atoms in total. The lowest BCUT2D eigenvalue weighted by Crippen LogP contribution is -2.46. The van der Waals surface area contributed by atoms with Crippen LogP contribution in [0.25, 0.3) is 0 Å². The first kappa shape index (κ1) is 19.8. The molecule has 0 aliphatic carbocycles. The summed E-state index contributed by atoms with van der Waals surface area (Å²) in [5.74, 6) is -0.112. The van der Waals surface area contributed by atoms with Crippen molar-refractivity contribution in [1.82, 2.24) is 14.8 Å². The van der Waals surface area contributed by atoms with E-state index in [1.807, 2.05) is 17.0 Å².